The molecule has 3 heteroatoms. The topological polar surface area (TPSA) is 12.0 Å². The van der Waals surface area contributed by atoms with Crippen LogP contribution in [0.25, 0.3) is 0 Å². The van der Waals surface area contributed by atoms with Gasteiger partial charge in [-0.25, -0.2) is 4.39 Å². The van der Waals surface area contributed by atoms with Gasteiger partial charge in [0, 0.05) is 17.1 Å². The highest BCUT2D eigenvalue weighted by molar-refractivity contribution is 9.10. The van der Waals surface area contributed by atoms with E-state index >= 15 is 0 Å². The second kappa shape index (κ2) is 6.00. The summed E-state index contributed by atoms with van der Waals surface area (Å²) < 4.78 is 15.1. The second-order valence-electron chi connectivity index (χ2n) is 7.39. The molecule has 0 spiro atoms. The fraction of sp³-hybridized carbons (Fsp3) is 0.667. The first-order valence-corrected chi connectivity index (χ1v) is 8.95. The third-order valence-electron chi connectivity index (χ3n) is 5.52. The molecule has 0 aromatic heterocycles. The van der Waals surface area contributed by atoms with E-state index < -0.39 is 0 Å². The molecule has 3 atom stereocenters. The van der Waals surface area contributed by atoms with E-state index in [0.717, 1.165) is 34.8 Å². The molecule has 1 N–H and O–H groups in total. The summed E-state index contributed by atoms with van der Waals surface area (Å²) in [5.41, 5.74) is 1.15. The Hall–Kier alpha value is -0.410. The summed E-state index contributed by atoms with van der Waals surface area (Å²) in [7, 11) is 0. The van der Waals surface area contributed by atoms with E-state index in [9.17, 15) is 4.39 Å². The van der Waals surface area contributed by atoms with E-state index in [-0.39, 0.29) is 11.2 Å². The van der Waals surface area contributed by atoms with Gasteiger partial charge in [0.1, 0.15) is 5.82 Å². The van der Waals surface area contributed by atoms with Crippen LogP contribution in [0.4, 0.5) is 4.39 Å². The van der Waals surface area contributed by atoms with Crippen LogP contribution < -0.4 is 5.32 Å². The van der Waals surface area contributed by atoms with Crippen molar-refractivity contribution in [1.82, 2.24) is 5.32 Å². The molecule has 116 valence electrons. The Balaban J connectivity index is 1.82. The minimum Gasteiger partial charge on any atom is -0.314 e. The van der Waals surface area contributed by atoms with Gasteiger partial charge in [-0.05, 0) is 60.6 Å². The third-order valence-corrected chi connectivity index (χ3v) is 6.02. The van der Waals surface area contributed by atoms with Crippen LogP contribution >= 0.6 is 15.9 Å². The maximum atomic E-state index is 14.3. The maximum Gasteiger partial charge on any atom is 0.127 e. The zero-order valence-corrected chi connectivity index (χ0v) is 14.5. The molecule has 1 nitrogen and oxygen atoms in total. The molecule has 2 bridgehead atoms. The first kappa shape index (κ1) is 15.5. The number of rotatable bonds is 5. The lowest BCUT2D eigenvalue weighted by atomic mass is 9.69. The lowest BCUT2D eigenvalue weighted by molar-refractivity contribution is 0.151. The molecule has 0 saturated heterocycles. The quantitative estimate of drug-likeness (QED) is 0.790. The lowest BCUT2D eigenvalue weighted by Gasteiger charge is -2.39. The predicted octanol–water partition coefficient (Wildman–Crippen LogP) is 4.94. The zero-order valence-electron chi connectivity index (χ0n) is 13.0. The first-order chi connectivity index (χ1) is 9.98. The highest BCUT2D eigenvalue weighted by Gasteiger charge is 2.50. The first-order valence-electron chi connectivity index (χ1n) is 8.16. The summed E-state index contributed by atoms with van der Waals surface area (Å²) in [4.78, 5) is 0. The number of hydrogen-bond acceptors (Lipinski definition) is 1. The van der Waals surface area contributed by atoms with Crippen LogP contribution in [0.15, 0.2) is 22.7 Å². The average molecular weight is 354 g/mol. The molecule has 2 aliphatic rings. The van der Waals surface area contributed by atoms with Crippen molar-refractivity contribution in [2.75, 3.05) is 6.54 Å². The number of halogens is 2. The molecule has 0 amide bonds. The predicted molar refractivity (Wildman–Crippen MR) is 88.8 cm³/mol. The van der Waals surface area contributed by atoms with Gasteiger partial charge in [0.05, 0.1) is 0 Å². The molecule has 3 unspecified atom stereocenters. The van der Waals surface area contributed by atoms with E-state index in [2.05, 4.69) is 35.1 Å². The van der Waals surface area contributed by atoms with Gasteiger partial charge in [-0.1, -0.05) is 42.3 Å². The molecule has 3 rings (SSSR count). The molecule has 1 aromatic rings. The van der Waals surface area contributed by atoms with E-state index in [0.29, 0.717) is 6.04 Å². The minimum atomic E-state index is -0.0592. The Morgan fingerprint density at radius 2 is 2.19 bits per heavy atom. The largest absolute Gasteiger partial charge is 0.314 e. The third kappa shape index (κ3) is 3.19. The van der Waals surface area contributed by atoms with Crippen LogP contribution in [0.5, 0.6) is 0 Å². The van der Waals surface area contributed by atoms with Gasteiger partial charge >= 0.3 is 0 Å². The van der Waals surface area contributed by atoms with Gasteiger partial charge in [-0.3, -0.25) is 0 Å². The Morgan fingerprint density at radius 1 is 1.38 bits per heavy atom. The van der Waals surface area contributed by atoms with Crippen LogP contribution in [0, 0.1) is 23.1 Å². The molecular formula is C18H25BrFN. The highest BCUT2D eigenvalue weighted by atomic mass is 79.9. The Morgan fingerprint density at radius 3 is 2.76 bits per heavy atom. The van der Waals surface area contributed by atoms with Gasteiger partial charge in [-0.2, -0.15) is 0 Å². The van der Waals surface area contributed by atoms with Crippen molar-refractivity contribution in [2.24, 2.45) is 17.3 Å². The molecular weight excluding hydrogens is 329 g/mol. The van der Waals surface area contributed by atoms with Crippen molar-refractivity contribution in [1.29, 1.82) is 0 Å². The normalized spacial score (nSPS) is 31.3. The summed E-state index contributed by atoms with van der Waals surface area (Å²) in [5.74, 6) is 1.59. The number of fused-ring (bicyclic) bond motifs is 2. The second-order valence-corrected chi connectivity index (χ2v) is 8.31. The molecule has 2 aliphatic carbocycles. The monoisotopic (exact) mass is 353 g/mol. The van der Waals surface area contributed by atoms with Crippen LogP contribution in [-0.4, -0.2) is 12.6 Å². The molecule has 2 fully saturated rings. The highest BCUT2D eigenvalue weighted by Crippen LogP contribution is 2.57. The van der Waals surface area contributed by atoms with Crippen molar-refractivity contribution >= 4 is 15.9 Å². The average Bonchev–Trinajstić information content (AvgIpc) is 3.01. The van der Waals surface area contributed by atoms with E-state index in [1.807, 2.05) is 12.1 Å². The summed E-state index contributed by atoms with van der Waals surface area (Å²) >= 11 is 3.35. The van der Waals surface area contributed by atoms with Gasteiger partial charge in [0.25, 0.3) is 0 Å². The summed E-state index contributed by atoms with van der Waals surface area (Å²) in [6.07, 6.45) is 6.23. The molecule has 1 aromatic carbocycles. The molecule has 2 saturated carbocycles. The van der Waals surface area contributed by atoms with Crippen molar-refractivity contribution in [2.45, 2.75) is 52.0 Å². The smallest absolute Gasteiger partial charge is 0.127 e. The van der Waals surface area contributed by atoms with Gasteiger partial charge in [0.15, 0.2) is 0 Å². The summed E-state index contributed by atoms with van der Waals surface area (Å²) in [6, 6.07) is 6.03. The van der Waals surface area contributed by atoms with Gasteiger partial charge in [-0.15, -0.1) is 0 Å². The van der Waals surface area contributed by atoms with Crippen LogP contribution in [0.2, 0.25) is 0 Å². The lowest BCUT2D eigenvalue weighted by Crippen LogP contribution is -2.42. The number of nitrogens with one attached hydrogen (secondary N) is 1. The number of benzene rings is 1. The van der Waals surface area contributed by atoms with Gasteiger partial charge in [0.2, 0.25) is 0 Å². The molecule has 0 heterocycles. The van der Waals surface area contributed by atoms with Crippen molar-refractivity contribution in [3.8, 4) is 0 Å². The fourth-order valence-corrected chi connectivity index (χ4v) is 4.84. The fourth-order valence-electron chi connectivity index (χ4n) is 4.51. The van der Waals surface area contributed by atoms with Crippen molar-refractivity contribution in [3.05, 3.63) is 34.1 Å². The van der Waals surface area contributed by atoms with Crippen molar-refractivity contribution < 1.29 is 4.39 Å². The minimum absolute atomic E-state index is 0.0592. The SMILES string of the molecule is CC(C)NCC1(Cc2ccc(Br)cc2F)CC2CCC1C2. The standard InChI is InChI=1S/C18H25BrFN/c1-12(2)21-11-18(9-13-3-5-15(18)7-13)10-14-4-6-16(19)8-17(14)20/h4,6,8,12-13,15,21H,3,5,7,9-11H2,1-2H3. The van der Waals surface area contributed by atoms with E-state index in [1.165, 1.54) is 25.7 Å². The summed E-state index contributed by atoms with van der Waals surface area (Å²) in [6.45, 7) is 5.42. The van der Waals surface area contributed by atoms with Crippen molar-refractivity contribution in [3.63, 3.8) is 0 Å². The Bertz CT molecular complexity index is 516. The zero-order chi connectivity index (χ0) is 15.0. The molecule has 21 heavy (non-hydrogen) atoms. The Labute approximate surface area is 135 Å². The van der Waals surface area contributed by atoms with E-state index in [4.69, 9.17) is 0 Å². The Kier molecular flexibility index (Phi) is 4.42. The van der Waals surface area contributed by atoms with E-state index in [1.54, 1.807) is 6.07 Å². The maximum absolute atomic E-state index is 14.3. The van der Waals surface area contributed by atoms with Gasteiger partial charge < -0.3 is 5.32 Å². The van der Waals surface area contributed by atoms with Crippen LogP contribution in [0.3, 0.4) is 0 Å². The number of hydrogen-bond donors (Lipinski definition) is 1. The molecule has 0 aliphatic heterocycles. The van der Waals surface area contributed by atoms with Crippen LogP contribution in [0.1, 0.15) is 45.1 Å². The summed E-state index contributed by atoms with van der Waals surface area (Å²) in [5, 5.41) is 3.63. The molecule has 0 radical (unpaired) electrons. The van der Waals surface area contributed by atoms with Crippen LogP contribution in [-0.2, 0) is 6.42 Å².